The largest absolute Gasteiger partial charge is 0.384 e. The van der Waals surface area contributed by atoms with E-state index in [1.54, 1.807) is 37.8 Å². The Morgan fingerprint density at radius 1 is 1.07 bits per heavy atom. The molecule has 0 unspecified atom stereocenters. The summed E-state index contributed by atoms with van der Waals surface area (Å²) in [5.41, 5.74) is 10.7. The topological polar surface area (TPSA) is 94.2 Å². The molecular formula is C20H21N5O2. The first-order valence-corrected chi connectivity index (χ1v) is 8.53. The number of pyridine rings is 1. The van der Waals surface area contributed by atoms with Crippen LogP contribution in [0.5, 0.6) is 0 Å². The summed E-state index contributed by atoms with van der Waals surface area (Å²) < 4.78 is 0. The molecule has 7 heteroatoms. The molecule has 0 saturated heterocycles. The smallest absolute Gasteiger partial charge is 0.277 e. The van der Waals surface area contributed by atoms with Gasteiger partial charge in [0.15, 0.2) is 0 Å². The summed E-state index contributed by atoms with van der Waals surface area (Å²) in [4.78, 5) is 30.2. The number of aryl methyl sites for hydroxylation is 1. The predicted octanol–water partition coefficient (Wildman–Crippen LogP) is 2.98. The summed E-state index contributed by atoms with van der Waals surface area (Å²) in [6, 6.07) is 10.9. The van der Waals surface area contributed by atoms with Crippen molar-refractivity contribution in [3.05, 3.63) is 60.2 Å². The lowest BCUT2D eigenvalue weighted by Crippen LogP contribution is -2.25. The van der Waals surface area contributed by atoms with Gasteiger partial charge in [-0.1, -0.05) is 19.1 Å². The minimum Gasteiger partial charge on any atom is -0.384 e. The van der Waals surface area contributed by atoms with E-state index in [2.05, 4.69) is 15.0 Å². The Morgan fingerprint density at radius 2 is 1.78 bits per heavy atom. The van der Waals surface area contributed by atoms with Gasteiger partial charge in [-0.25, -0.2) is 20.0 Å². The molecule has 0 fully saturated rings. The van der Waals surface area contributed by atoms with Crippen molar-refractivity contribution in [2.75, 3.05) is 19.9 Å². The van der Waals surface area contributed by atoms with Crippen LogP contribution in [0.2, 0.25) is 0 Å². The first kappa shape index (κ1) is 18.5. The zero-order valence-electron chi connectivity index (χ0n) is 15.5. The van der Waals surface area contributed by atoms with Gasteiger partial charge in [0.25, 0.3) is 5.91 Å². The Labute approximate surface area is 157 Å². The first-order valence-electron chi connectivity index (χ1n) is 8.53. The minimum absolute atomic E-state index is 0.219. The quantitative estimate of drug-likeness (QED) is 0.700. The molecule has 0 atom stereocenters. The minimum atomic E-state index is -0.219. The van der Waals surface area contributed by atoms with Gasteiger partial charge < -0.3 is 5.73 Å². The van der Waals surface area contributed by atoms with Crippen LogP contribution >= 0.6 is 0 Å². The van der Waals surface area contributed by atoms with Gasteiger partial charge in [-0.15, -0.1) is 0 Å². The number of hydroxylamine groups is 2. The van der Waals surface area contributed by atoms with Crippen molar-refractivity contribution >= 4 is 11.7 Å². The Kier molecular flexibility index (Phi) is 5.42. The van der Waals surface area contributed by atoms with E-state index < -0.39 is 0 Å². The van der Waals surface area contributed by atoms with Crippen LogP contribution in [0, 0.1) is 0 Å². The average molecular weight is 363 g/mol. The van der Waals surface area contributed by atoms with Gasteiger partial charge in [-0.05, 0) is 30.7 Å². The average Bonchev–Trinajstić information content (AvgIpc) is 2.72. The molecule has 0 aliphatic heterocycles. The lowest BCUT2D eigenvalue weighted by atomic mass is 9.97. The van der Waals surface area contributed by atoms with Crippen molar-refractivity contribution in [2.24, 2.45) is 0 Å². The second kappa shape index (κ2) is 7.92. The van der Waals surface area contributed by atoms with Crippen molar-refractivity contribution in [3.63, 3.8) is 0 Å². The fourth-order valence-corrected chi connectivity index (χ4v) is 2.80. The highest BCUT2D eigenvalue weighted by Gasteiger charge is 2.16. The third-order valence-electron chi connectivity index (χ3n) is 4.30. The zero-order valence-corrected chi connectivity index (χ0v) is 15.5. The molecule has 2 N–H and O–H groups in total. The van der Waals surface area contributed by atoms with Gasteiger partial charge in [0.1, 0.15) is 12.1 Å². The van der Waals surface area contributed by atoms with Crippen molar-refractivity contribution in [1.29, 1.82) is 0 Å². The maximum Gasteiger partial charge on any atom is 0.277 e. The highest BCUT2D eigenvalue weighted by molar-refractivity contribution is 5.94. The maximum absolute atomic E-state index is 12.2. The third kappa shape index (κ3) is 3.78. The number of hydrogen-bond donors (Lipinski definition) is 1. The molecule has 0 aliphatic carbocycles. The molecule has 0 saturated carbocycles. The number of hydrogen-bond acceptors (Lipinski definition) is 6. The molecule has 0 spiro atoms. The van der Waals surface area contributed by atoms with Crippen molar-refractivity contribution < 1.29 is 9.63 Å². The lowest BCUT2D eigenvalue weighted by molar-refractivity contribution is -0.0756. The maximum atomic E-state index is 12.2. The Balaban J connectivity index is 2.07. The Bertz CT molecular complexity index is 940. The molecular weight excluding hydrogens is 342 g/mol. The summed E-state index contributed by atoms with van der Waals surface area (Å²) in [6.45, 7) is 2.04. The molecule has 0 radical (unpaired) electrons. The van der Waals surface area contributed by atoms with Crippen LogP contribution in [-0.2, 0) is 11.3 Å². The van der Waals surface area contributed by atoms with E-state index >= 15 is 0 Å². The molecule has 3 rings (SSSR count). The standard InChI is InChI=1S/C20H21N5O2/c1-4-16-18(15-9-10-17(21)22-11-15)19(24-12-23-16)13-5-7-14(8-6-13)20(26)25(2)27-3/h5-12H,4H2,1-3H3,(H2,21,22). The monoisotopic (exact) mass is 363 g/mol. The SMILES string of the molecule is CCc1ncnc(-c2ccc(C(=O)N(C)OC)cc2)c1-c1ccc(N)nc1. The summed E-state index contributed by atoms with van der Waals surface area (Å²) >= 11 is 0. The van der Waals surface area contributed by atoms with Gasteiger partial charge in [-0.2, -0.15) is 0 Å². The molecule has 138 valence electrons. The van der Waals surface area contributed by atoms with E-state index in [-0.39, 0.29) is 5.91 Å². The summed E-state index contributed by atoms with van der Waals surface area (Å²) in [6.07, 6.45) is 4.03. The van der Waals surface area contributed by atoms with Crippen LogP contribution in [-0.4, -0.2) is 40.1 Å². The number of rotatable bonds is 5. The van der Waals surface area contributed by atoms with Crippen LogP contribution in [0.1, 0.15) is 23.0 Å². The number of nitrogens with two attached hydrogens (primary N) is 1. The van der Waals surface area contributed by atoms with Gasteiger partial charge in [0.05, 0.1) is 18.5 Å². The normalized spacial score (nSPS) is 10.6. The molecule has 7 nitrogen and oxygen atoms in total. The zero-order chi connectivity index (χ0) is 19.4. The lowest BCUT2D eigenvalue weighted by Gasteiger charge is -2.15. The van der Waals surface area contributed by atoms with E-state index in [1.165, 1.54) is 12.2 Å². The van der Waals surface area contributed by atoms with Crippen LogP contribution < -0.4 is 5.73 Å². The molecule has 1 amide bonds. The van der Waals surface area contributed by atoms with Gasteiger partial charge in [-0.3, -0.25) is 9.63 Å². The number of nitrogen functional groups attached to an aromatic ring is 1. The van der Waals surface area contributed by atoms with Crippen molar-refractivity contribution in [2.45, 2.75) is 13.3 Å². The molecule has 3 aromatic rings. The van der Waals surface area contributed by atoms with E-state index in [9.17, 15) is 4.79 Å². The molecule has 0 aliphatic rings. The number of benzene rings is 1. The van der Waals surface area contributed by atoms with Crippen LogP contribution in [0.25, 0.3) is 22.4 Å². The second-order valence-corrected chi connectivity index (χ2v) is 5.93. The molecule has 1 aromatic carbocycles. The van der Waals surface area contributed by atoms with Gasteiger partial charge in [0, 0.05) is 35.5 Å². The molecule has 27 heavy (non-hydrogen) atoms. The molecule has 0 bridgehead atoms. The number of aromatic nitrogens is 3. The van der Waals surface area contributed by atoms with Crippen LogP contribution in [0.15, 0.2) is 48.9 Å². The number of carbonyl (C=O) groups is 1. The van der Waals surface area contributed by atoms with Gasteiger partial charge >= 0.3 is 0 Å². The van der Waals surface area contributed by atoms with Gasteiger partial charge in [0.2, 0.25) is 0 Å². The third-order valence-corrected chi connectivity index (χ3v) is 4.30. The number of carbonyl (C=O) groups excluding carboxylic acids is 1. The number of anilines is 1. The van der Waals surface area contributed by atoms with Crippen LogP contribution in [0.3, 0.4) is 0 Å². The number of nitrogens with zero attached hydrogens (tertiary/aromatic N) is 4. The highest BCUT2D eigenvalue weighted by Crippen LogP contribution is 2.32. The predicted molar refractivity (Wildman–Crippen MR) is 104 cm³/mol. The van der Waals surface area contributed by atoms with E-state index in [0.717, 1.165) is 34.5 Å². The Hall–Kier alpha value is -3.32. The second-order valence-electron chi connectivity index (χ2n) is 5.93. The van der Waals surface area contributed by atoms with E-state index in [4.69, 9.17) is 10.6 Å². The fourth-order valence-electron chi connectivity index (χ4n) is 2.80. The van der Waals surface area contributed by atoms with Crippen LogP contribution in [0.4, 0.5) is 5.82 Å². The first-order chi connectivity index (χ1) is 13.0. The van der Waals surface area contributed by atoms with E-state index in [0.29, 0.717) is 11.4 Å². The molecule has 2 heterocycles. The summed E-state index contributed by atoms with van der Waals surface area (Å²) in [5, 5.41) is 1.18. The fraction of sp³-hybridized carbons (Fsp3) is 0.200. The molecule has 2 aromatic heterocycles. The summed E-state index contributed by atoms with van der Waals surface area (Å²) in [5.74, 6) is 0.240. The summed E-state index contributed by atoms with van der Waals surface area (Å²) in [7, 11) is 3.02. The van der Waals surface area contributed by atoms with Crippen molar-refractivity contribution in [3.8, 4) is 22.4 Å². The number of amides is 1. The van der Waals surface area contributed by atoms with E-state index in [1.807, 2.05) is 25.1 Å². The van der Waals surface area contributed by atoms with Crippen molar-refractivity contribution in [1.82, 2.24) is 20.0 Å². The highest BCUT2D eigenvalue weighted by atomic mass is 16.7. The Morgan fingerprint density at radius 3 is 2.37 bits per heavy atom.